The second kappa shape index (κ2) is 11.1. The van der Waals surface area contributed by atoms with Gasteiger partial charge in [0.25, 0.3) is 5.91 Å². The molecule has 0 unspecified atom stereocenters. The van der Waals surface area contributed by atoms with Gasteiger partial charge in [0, 0.05) is 30.8 Å². The quantitative estimate of drug-likeness (QED) is 0.455. The molecule has 4 rings (SSSR count). The van der Waals surface area contributed by atoms with E-state index in [1.165, 1.54) is 22.0 Å². The zero-order valence-electron chi connectivity index (χ0n) is 18.4. The molecule has 0 aromatic heterocycles. The van der Waals surface area contributed by atoms with Crippen LogP contribution in [0.25, 0.3) is 0 Å². The number of halogens is 1. The highest BCUT2D eigenvalue weighted by Gasteiger charge is 2.26. The molecule has 3 aromatic rings. The molecule has 1 fully saturated rings. The number of morpholine rings is 1. The third-order valence-electron chi connectivity index (χ3n) is 5.41. The fourth-order valence-electron chi connectivity index (χ4n) is 3.53. The standard InChI is InChI=1S/C25H25BrN2O5S/c26-23-18-20(6-11-24(23)33-15-12-19-4-2-1-3-5-19)25(29)27-21-7-9-22(10-8-21)34(30,31)28-13-16-32-17-14-28/h1-11,18H,12-17H2,(H,27,29). The average Bonchev–Trinajstić information content (AvgIpc) is 2.86. The van der Waals surface area contributed by atoms with Gasteiger partial charge in [-0.1, -0.05) is 30.3 Å². The molecule has 0 spiro atoms. The number of carbonyl (C=O) groups excluding carboxylic acids is 1. The molecule has 0 bridgehead atoms. The van der Waals surface area contributed by atoms with Crippen LogP contribution in [0.4, 0.5) is 5.69 Å². The molecule has 1 aliphatic heterocycles. The minimum Gasteiger partial charge on any atom is -0.492 e. The van der Waals surface area contributed by atoms with Gasteiger partial charge in [-0.25, -0.2) is 8.42 Å². The van der Waals surface area contributed by atoms with Crippen molar-refractivity contribution in [3.8, 4) is 5.75 Å². The first kappa shape index (κ1) is 24.4. The summed E-state index contributed by atoms with van der Waals surface area (Å²) in [6, 6.07) is 21.4. The van der Waals surface area contributed by atoms with Crippen molar-refractivity contribution in [1.29, 1.82) is 0 Å². The first-order chi connectivity index (χ1) is 16.4. The van der Waals surface area contributed by atoms with E-state index in [1.54, 1.807) is 30.3 Å². The van der Waals surface area contributed by atoms with Crippen LogP contribution in [0, 0.1) is 0 Å². The molecule has 1 aliphatic rings. The number of carbonyl (C=O) groups is 1. The summed E-state index contributed by atoms with van der Waals surface area (Å²) in [5.74, 6) is 0.352. The Hall–Kier alpha value is -2.72. The van der Waals surface area contributed by atoms with E-state index in [9.17, 15) is 13.2 Å². The van der Waals surface area contributed by atoms with Crippen molar-refractivity contribution in [2.75, 3.05) is 38.2 Å². The van der Waals surface area contributed by atoms with Crippen LogP contribution >= 0.6 is 15.9 Å². The highest BCUT2D eigenvalue weighted by molar-refractivity contribution is 9.10. The molecule has 1 heterocycles. The molecule has 3 aromatic carbocycles. The van der Waals surface area contributed by atoms with Crippen LogP contribution in [-0.4, -0.2) is 51.5 Å². The van der Waals surface area contributed by atoms with Gasteiger partial charge in [-0.05, 0) is 64.0 Å². The van der Waals surface area contributed by atoms with Gasteiger partial charge in [-0.15, -0.1) is 0 Å². The Balaban J connectivity index is 1.35. The van der Waals surface area contributed by atoms with Crippen LogP contribution in [0.3, 0.4) is 0 Å². The normalized spacial score (nSPS) is 14.5. The van der Waals surface area contributed by atoms with Crippen LogP contribution in [0.15, 0.2) is 82.2 Å². The Morgan fingerprint density at radius 3 is 2.38 bits per heavy atom. The topological polar surface area (TPSA) is 84.9 Å². The number of nitrogens with one attached hydrogen (secondary N) is 1. The highest BCUT2D eigenvalue weighted by atomic mass is 79.9. The van der Waals surface area contributed by atoms with Crippen molar-refractivity contribution in [3.63, 3.8) is 0 Å². The lowest BCUT2D eigenvalue weighted by Crippen LogP contribution is -2.40. The average molecular weight is 545 g/mol. The molecule has 0 radical (unpaired) electrons. The number of amides is 1. The summed E-state index contributed by atoms with van der Waals surface area (Å²) in [5.41, 5.74) is 2.15. The fraction of sp³-hybridized carbons (Fsp3) is 0.240. The number of anilines is 1. The van der Waals surface area contributed by atoms with E-state index in [0.29, 0.717) is 54.4 Å². The van der Waals surface area contributed by atoms with Gasteiger partial charge in [0.05, 0.1) is 29.2 Å². The first-order valence-electron chi connectivity index (χ1n) is 10.9. The summed E-state index contributed by atoms with van der Waals surface area (Å²) in [4.78, 5) is 12.9. The molecule has 0 saturated carbocycles. The molecular weight excluding hydrogens is 520 g/mol. The number of nitrogens with zero attached hydrogens (tertiary/aromatic N) is 1. The Morgan fingerprint density at radius 2 is 1.71 bits per heavy atom. The van der Waals surface area contributed by atoms with Crippen LogP contribution < -0.4 is 10.1 Å². The molecule has 1 saturated heterocycles. The molecule has 9 heteroatoms. The fourth-order valence-corrected chi connectivity index (χ4v) is 5.43. The third-order valence-corrected chi connectivity index (χ3v) is 7.94. The van der Waals surface area contributed by atoms with Gasteiger partial charge in [-0.3, -0.25) is 4.79 Å². The minimum atomic E-state index is -3.57. The van der Waals surface area contributed by atoms with Crippen molar-refractivity contribution in [2.45, 2.75) is 11.3 Å². The second-order valence-corrected chi connectivity index (χ2v) is 10.5. The van der Waals surface area contributed by atoms with Crippen molar-refractivity contribution in [1.82, 2.24) is 4.31 Å². The Bertz CT molecular complexity index is 1230. The molecule has 1 amide bonds. The second-order valence-electron chi connectivity index (χ2n) is 7.72. The van der Waals surface area contributed by atoms with Gasteiger partial charge in [-0.2, -0.15) is 4.31 Å². The maximum atomic E-state index is 12.7. The summed E-state index contributed by atoms with van der Waals surface area (Å²) >= 11 is 3.47. The number of ether oxygens (including phenoxy) is 2. The molecule has 0 aliphatic carbocycles. The predicted octanol–water partition coefficient (Wildman–Crippen LogP) is 4.34. The lowest BCUT2D eigenvalue weighted by Gasteiger charge is -2.26. The summed E-state index contributed by atoms with van der Waals surface area (Å²) in [7, 11) is -3.57. The van der Waals surface area contributed by atoms with E-state index in [1.807, 2.05) is 18.2 Å². The number of hydrogen-bond donors (Lipinski definition) is 1. The summed E-state index contributed by atoms with van der Waals surface area (Å²) < 4.78 is 38.6. The molecule has 34 heavy (non-hydrogen) atoms. The van der Waals surface area contributed by atoms with E-state index < -0.39 is 10.0 Å². The number of sulfonamides is 1. The van der Waals surface area contributed by atoms with Gasteiger partial charge < -0.3 is 14.8 Å². The van der Waals surface area contributed by atoms with Crippen LogP contribution in [0.1, 0.15) is 15.9 Å². The third kappa shape index (κ3) is 6.04. The van der Waals surface area contributed by atoms with Gasteiger partial charge in [0.2, 0.25) is 10.0 Å². The lowest BCUT2D eigenvalue weighted by molar-refractivity contribution is 0.0730. The minimum absolute atomic E-state index is 0.187. The van der Waals surface area contributed by atoms with Gasteiger partial charge in [0.15, 0.2) is 0 Å². The molecular formula is C25H25BrN2O5S. The van der Waals surface area contributed by atoms with Gasteiger partial charge in [0.1, 0.15) is 5.75 Å². The van der Waals surface area contributed by atoms with E-state index in [0.717, 1.165) is 6.42 Å². The number of benzene rings is 3. The summed E-state index contributed by atoms with van der Waals surface area (Å²) in [6.07, 6.45) is 0.784. The molecule has 178 valence electrons. The first-order valence-corrected chi connectivity index (χ1v) is 13.1. The molecule has 7 nitrogen and oxygen atoms in total. The number of hydrogen-bond acceptors (Lipinski definition) is 5. The zero-order chi connectivity index (χ0) is 24.0. The maximum absolute atomic E-state index is 12.7. The Labute approximate surface area is 207 Å². The van der Waals surface area contributed by atoms with Crippen molar-refractivity contribution >= 4 is 37.5 Å². The molecule has 1 N–H and O–H groups in total. The highest BCUT2D eigenvalue weighted by Crippen LogP contribution is 2.27. The Morgan fingerprint density at radius 1 is 1.00 bits per heavy atom. The zero-order valence-corrected chi connectivity index (χ0v) is 20.8. The maximum Gasteiger partial charge on any atom is 0.255 e. The van der Waals surface area contributed by atoms with Gasteiger partial charge >= 0.3 is 0 Å². The van der Waals surface area contributed by atoms with Crippen LogP contribution in [-0.2, 0) is 21.2 Å². The van der Waals surface area contributed by atoms with Crippen molar-refractivity contribution in [2.24, 2.45) is 0 Å². The van der Waals surface area contributed by atoms with E-state index >= 15 is 0 Å². The number of rotatable bonds is 8. The summed E-state index contributed by atoms with van der Waals surface area (Å²) in [5, 5.41) is 2.80. The van der Waals surface area contributed by atoms with Crippen LogP contribution in [0.5, 0.6) is 5.75 Å². The summed E-state index contributed by atoms with van der Waals surface area (Å²) in [6.45, 7) is 1.97. The lowest BCUT2D eigenvalue weighted by atomic mass is 10.1. The van der Waals surface area contributed by atoms with Crippen molar-refractivity contribution in [3.05, 3.63) is 88.4 Å². The van der Waals surface area contributed by atoms with E-state index in [4.69, 9.17) is 9.47 Å². The van der Waals surface area contributed by atoms with E-state index in [-0.39, 0.29) is 10.8 Å². The molecule has 0 atom stereocenters. The SMILES string of the molecule is O=C(Nc1ccc(S(=O)(=O)N2CCOCC2)cc1)c1ccc(OCCc2ccccc2)c(Br)c1. The van der Waals surface area contributed by atoms with Crippen molar-refractivity contribution < 1.29 is 22.7 Å². The van der Waals surface area contributed by atoms with Crippen LogP contribution in [0.2, 0.25) is 0 Å². The smallest absolute Gasteiger partial charge is 0.255 e. The predicted molar refractivity (Wildman–Crippen MR) is 134 cm³/mol. The largest absolute Gasteiger partial charge is 0.492 e. The monoisotopic (exact) mass is 544 g/mol. The Kier molecular flexibility index (Phi) is 7.99. The van der Waals surface area contributed by atoms with E-state index in [2.05, 4.69) is 33.4 Å².